The molecule has 0 unspecified atom stereocenters. The molecule has 13 aromatic rings. The van der Waals surface area contributed by atoms with Gasteiger partial charge in [-0.05, 0) is 114 Å². The third-order valence-corrected chi connectivity index (χ3v) is 14.0. The number of anilines is 3. The van der Waals surface area contributed by atoms with Crippen molar-refractivity contribution in [1.82, 2.24) is 9.13 Å². The van der Waals surface area contributed by atoms with E-state index in [9.17, 15) is 0 Å². The Morgan fingerprint density at radius 2 is 0.797 bits per heavy atom. The Balaban J connectivity index is 0.974. The topological polar surface area (TPSA) is 13.1 Å². The van der Waals surface area contributed by atoms with Gasteiger partial charge in [0, 0.05) is 75.7 Å². The minimum Gasteiger partial charge on any atom is -0.310 e. The maximum Gasteiger partial charge on any atom is 0.0619 e. The molecule has 0 radical (unpaired) electrons. The highest BCUT2D eigenvalue weighted by molar-refractivity contribution is 7.25. The summed E-state index contributed by atoms with van der Waals surface area (Å²) in [7, 11) is 0. The van der Waals surface area contributed by atoms with Crippen LogP contribution in [-0.2, 0) is 0 Å². The van der Waals surface area contributed by atoms with Crippen molar-refractivity contribution in [3.05, 3.63) is 237 Å². The Morgan fingerprint density at radius 3 is 1.48 bits per heavy atom. The smallest absolute Gasteiger partial charge is 0.0619 e. The lowest BCUT2D eigenvalue weighted by molar-refractivity contribution is 1.17. The summed E-state index contributed by atoms with van der Waals surface area (Å²) in [5.74, 6) is 0. The van der Waals surface area contributed by atoms with Crippen LogP contribution in [0.2, 0.25) is 0 Å². The van der Waals surface area contributed by atoms with Gasteiger partial charge in [0.15, 0.2) is 0 Å². The third kappa shape index (κ3) is 5.81. The van der Waals surface area contributed by atoms with E-state index in [2.05, 4.69) is 251 Å². The lowest BCUT2D eigenvalue weighted by Gasteiger charge is -2.25. The van der Waals surface area contributed by atoms with E-state index >= 15 is 0 Å². The van der Waals surface area contributed by atoms with E-state index in [4.69, 9.17) is 0 Å². The number of hydrogen-bond donors (Lipinski definition) is 0. The average Bonchev–Trinajstić information content (AvgIpc) is 4.02. The second kappa shape index (κ2) is 14.7. The molecule has 64 heavy (non-hydrogen) atoms. The fraction of sp³-hybridized carbons (Fsp3) is 0. The molecule has 0 saturated carbocycles. The molecule has 13 rings (SSSR count). The van der Waals surface area contributed by atoms with E-state index in [1.165, 1.54) is 86.0 Å². The van der Waals surface area contributed by atoms with Gasteiger partial charge < -0.3 is 14.0 Å². The summed E-state index contributed by atoms with van der Waals surface area (Å²) in [5, 5.41) is 7.60. The van der Waals surface area contributed by atoms with Gasteiger partial charge in [0.25, 0.3) is 0 Å². The largest absolute Gasteiger partial charge is 0.310 e. The molecule has 0 spiro atoms. The summed E-state index contributed by atoms with van der Waals surface area (Å²) in [6, 6.07) is 86.4. The first-order valence-corrected chi connectivity index (χ1v) is 22.7. The summed E-state index contributed by atoms with van der Waals surface area (Å²) in [4.78, 5) is 2.37. The van der Waals surface area contributed by atoms with Gasteiger partial charge in [0.2, 0.25) is 0 Å². The molecule has 0 fully saturated rings. The van der Waals surface area contributed by atoms with Crippen LogP contribution in [0.4, 0.5) is 17.1 Å². The molecule has 0 aliphatic rings. The van der Waals surface area contributed by atoms with E-state index in [-0.39, 0.29) is 0 Å². The Bertz CT molecular complexity index is 3820. The van der Waals surface area contributed by atoms with E-state index in [1.54, 1.807) is 0 Å². The summed E-state index contributed by atoms with van der Waals surface area (Å²) in [5.41, 5.74) is 15.2. The number of thiophene rings is 1. The number of hydrogen-bond acceptors (Lipinski definition) is 2. The maximum atomic E-state index is 2.44. The van der Waals surface area contributed by atoms with Crippen LogP contribution in [0.15, 0.2) is 237 Å². The van der Waals surface area contributed by atoms with Crippen LogP contribution in [0.5, 0.6) is 0 Å². The van der Waals surface area contributed by atoms with Crippen molar-refractivity contribution in [2.45, 2.75) is 0 Å². The van der Waals surface area contributed by atoms with Crippen LogP contribution in [0.3, 0.4) is 0 Å². The van der Waals surface area contributed by atoms with E-state index in [0.29, 0.717) is 0 Å². The number of benzene rings is 10. The highest BCUT2D eigenvalue weighted by Gasteiger charge is 2.20. The molecular formula is C60H39N3S. The van der Waals surface area contributed by atoms with Crippen LogP contribution in [0.25, 0.3) is 97.4 Å². The van der Waals surface area contributed by atoms with Crippen LogP contribution in [-0.4, -0.2) is 9.13 Å². The van der Waals surface area contributed by atoms with Gasteiger partial charge in [-0.1, -0.05) is 140 Å². The predicted molar refractivity (Wildman–Crippen MR) is 274 cm³/mol. The average molecular weight is 834 g/mol. The quantitative estimate of drug-likeness (QED) is 0.156. The molecular weight excluding hydrogens is 795 g/mol. The Kier molecular flexibility index (Phi) is 8.40. The fourth-order valence-corrected chi connectivity index (χ4v) is 11.1. The predicted octanol–water partition coefficient (Wildman–Crippen LogP) is 17.1. The normalized spacial score (nSPS) is 11.8. The van der Waals surface area contributed by atoms with Crippen molar-refractivity contribution in [1.29, 1.82) is 0 Å². The van der Waals surface area contributed by atoms with Gasteiger partial charge >= 0.3 is 0 Å². The lowest BCUT2D eigenvalue weighted by atomic mass is 9.95. The van der Waals surface area contributed by atoms with Crippen LogP contribution < -0.4 is 4.90 Å². The van der Waals surface area contributed by atoms with Crippen molar-refractivity contribution in [2.75, 3.05) is 4.90 Å². The minimum atomic E-state index is 1.11. The molecule has 0 aliphatic carbocycles. The zero-order valence-corrected chi connectivity index (χ0v) is 35.6. The maximum absolute atomic E-state index is 2.44. The van der Waals surface area contributed by atoms with E-state index in [1.807, 2.05) is 11.3 Å². The first-order valence-electron chi connectivity index (χ1n) is 21.8. The van der Waals surface area contributed by atoms with Crippen molar-refractivity contribution in [3.8, 4) is 33.6 Å². The molecule has 4 heteroatoms. The summed E-state index contributed by atoms with van der Waals surface area (Å²) >= 11 is 1.86. The zero-order valence-electron chi connectivity index (χ0n) is 34.8. The second-order valence-corrected chi connectivity index (χ2v) is 17.6. The monoisotopic (exact) mass is 833 g/mol. The van der Waals surface area contributed by atoms with Crippen LogP contribution in [0, 0.1) is 0 Å². The Hall–Kier alpha value is -8.18. The molecule has 3 aromatic heterocycles. The number of fused-ring (bicyclic) bond motifs is 9. The summed E-state index contributed by atoms with van der Waals surface area (Å²) in [6.45, 7) is 0. The highest BCUT2D eigenvalue weighted by Crippen LogP contribution is 2.44. The van der Waals surface area contributed by atoms with Crippen molar-refractivity contribution < 1.29 is 0 Å². The van der Waals surface area contributed by atoms with Gasteiger partial charge in [-0.15, -0.1) is 11.3 Å². The molecule has 3 heterocycles. The number of para-hydroxylation sites is 5. The summed E-state index contributed by atoms with van der Waals surface area (Å²) < 4.78 is 7.43. The third-order valence-electron chi connectivity index (χ3n) is 12.9. The number of aromatic nitrogens is 2. The van der Waals surface area contributed by atoms with Gasteiger partial charge in [0.1, 0.15) is 0 Å². The van der Waals surface area contributed by atoms with Gasteiger partial charge in [-0.25, -0.2) is 0 Å². The SMILES string of the molecule is c1ccc(N(c2ccc(-c3cc(-c4ccc(-n5c6ccccc6c6ccccc65)cc4)c4c(c3)c3ccccc3n4-c3ccccc3)cc2)c2ccc3c(c2)sc2ccccc23)cc1. The van der Waals surface area contributed by atoms with Gasteiger partial charge in [-0.3, -0.25) is 0 Å². The Morgan fingerprint density at radius 1 is 0.297 bits per heavy atom. The van der Waals surface area contributed by atoms with Gasteiger partial charge in [-0.2, -0.15) is 0 Å². The van der Waals surface area contributed by atoms with Crippen LogP contribution in [0.1, 0.15) is 0 Å². The summed E-state index contributed by atoms with van der Waals surface area (Å²) in [6.07, 6.45) is 0. The second-order valence-electron chi connectivity index (χ2n) is 16.5. The molecule has 0 atom stereocenters. The van der Waals surface area contributed by atoms with Gasteiger partial charge in [0.05, 0.1) is 22.1 Å². The van der Waals surface area contributed by atoms with Crippen molar-refractivity contribution in [3.63, 3.8) is 0 Å². The molecule has 0 N–H and O–H groups in total. The molecule has 0 amide bonds. The molecule has 3 nitrogen and oxygen atoms in total. The van der Waals surface area contributed by atoms with E-state index < -0.39 is 0 Å². The minimum absolute atomic E-state index is 1.11. The molecule has 0 saturated heterocycles. The number of rotatable bonds is 7. The molecule has 300 valence electrons. The standard InChI is InChI=1S/C60H39N3S/c1-3-15-43(16-4-1)61(47-35-36-52-51-22-10-14-26-58(51)64-59(52)39-47)45-31-27-40(28-32-45)42-37-53(60-54(38-42)50-21-9-13-25-57(50)63(60)44-17-5-2-6-18-44)41-29-33-46(34-30-41)62-55-23-11-7-19-48(55)49-20-8-12-24-56(49)62/h1-39H. The first kappa shape index (κ1) is 36.5. The molecule has 0 bridgehead atoms. The van der Waals surface area contributed by atoms with Crippen molar-refractivity contribution in [2.24, 2.45) is 0 Å². The van der Waals surface area contributed by atoms with Crippen molar-refractivity contribution >= 4 is 92.2 Å². The molecule has 10 aromatic carbocycles. The Labute approximate surface area is 374 Å². The zero-order chi connectivity index (χ0) is 42.1. The van der Waals surface area contributed by atoms with E-state index in [0.717, 1.165) is 28.4 Å². The number of nitrogens with zero attached hydrogens (tertiary/aromatic N) is 3. The van der Waals surface area contributed by atoms with Crippen LogP contribution >= 0.6 is 11.3 Å². The first-order chi connectivity index (χ1) is 31.7. The molecule has 0 aliphatic heterocycles. The lowest BCUT2D eigenvalue weighted by Crippen LogP contribution is -2.09. The fourth-order valence-electron chi connectivity index (χ4n) is 10.0. The highest BCUT2D eigenvalue weighted by atomic mass is 32.1.